The lowest BCUT2D eigenvalue weighted by atomic mass is 9.83. The molecule has 3 aliphatic rings. The van der Waals surface area contributed by atoms with Gasteiger partial charge in [-0.2, -0.15) is 0 Å². The van der Waals surface area contributed by atoms with Crippen LogP contribution in [-0.2, 0) is 16.2 Å². The highest BCUT2D eigenvalue weighted by molar-refractivity contribution is 6.26. The number of anilines is 1. The van der Waals surface area contributed by atoms with Gasteiger partial charge in [-0.1, -0.05) is 23.7 Å². The Balaban J connectivity index is 1.81. The minimum Gasteiger partial charge on any atom is -0.326 e. The van der Waals surface area contributed by atoms with Crippen molar-refractivity contribution >= 4 is 29.5 Å². The summed E-state index contributed by atoms with van der Waals surface area (Å²) in [5, 5.41) is 0. The summed E-state index contributed by atoms with van der Waals surface area (Å²) in [4.78, 5) is 18.7. The van der Waals surface area contributed by atoms with Crippen molar-refractivity contribution < 1.29 is 4.79 Å². The molecular formula is C17H16ClN3O. The molecule has 4 rings (SSSR count). The molecule has 4 nitrogen and oxygen atoms in total. The summed E-state index contributed by atoms with van der Waals surface area (Å²) in [6.45, 7) is 0. The average Bonchev–Trinajstić information content (AvgIpc) is 2.86. The lowest BCUT2D eigenvalue weighted by Crippen LogP contribution is -2.43. The molecular weight excluding hydrogens is 298 g/mol. The molecule has 5 heteroatoms. The molecule has 0 saturated carbocycles. The number of hydrogen-bond acceptors (Lipinski definition) is 3. The third kappa shape index (κ3) is 1.77. The van der Waals surface area contributed by atoms with Crippen molar-refractivity contribution in [2.24, 2.45) is 4.99 Å². The maximum atomic E-state index is 10.9. The van der Waals surface area contributed by atoms with Crippen LogP contribution in [0.4, 0.5) is 5.69 Å². The number of rotatable bonds is 2. The van der Waals surface area contributed by atoms with E-state index in [9.17, 15) is 4.79 Å². The Hall–Kier alpha value is -2.07. The fourth-order valence-corrected chi connectivity index (χ4v) is 3.99. The Bertz CT molecular complexity index is 739. The molecule has 0 aromatic heterocycles. The van der Waals surface area contributed by atoms with Crippen LogP contribution in [-0.4, -0.2) is 30.2 Å². The van der Waals surface area contributed by atoms with Gasteiger partial charge in [-0.25, -0.2) is 4.99 Å². The number of alkyl halides is 1. The monoisotopic (exact) mass is 313 g/mol. The van der Waals surface area contributed by atoms with Gasteiger partial charge in [0.15, 0.2) is 5.00 Å². The highest BCUT2D eigenvalue weighted by Gasteiger charge is 2.50. The standard InChI is InChI=1S/C17H16ClN3O/c1-20(11-22)13-6-7-14-12(10-13)5-8-15-17(14,18)19-16-4-2-3-9-21(15)16/h2-4,6-7,9-11,15H,5,8H2,1H3. The van der Waals surface area contributed by atoms with Crippen molar-refractivity contribution in [3.63, 3.8) is 0 Å². The Kier molecular flexibility index (Phi) is 2.91. The van der Waals surface area contributed by atoms with E-state index >= 15 is 0 Å². The number of halogens is 1. The lowest BCUT2D eigenvalue weighted by Gasteiger charge is -2.37. The zero-order chi connectivity index (χ0) is 15.3. The van der Waals surface area contributed by atoms with Gasteiger partial charge < -0.3 is 9.80 Å². The summed E-state index contributed by atoms with van der Waals surface area (Å²) in [7, 11) is 1.75. The third-order valence-corrected chi connectivity index (χ3v) is 5.18. The van der Waals surface area contributed by atoms with Gasteiger partial charge in [-0.05, 0) is 48.3 Å². The van der Waals surface area contributed by atoms with Crippen molar-refractivity contribution in [1.29, 1.82) is 0 Å². The molecule has 1 aromatic rings. The Morgan fingerprint density at radius 2 is 2.32 bits per heavy atom. The number of hydrogen-bond donors (Lipinski definition) is 0. The molecule has 112 valence electrons. The van der Waals surface area contributed by atoms with E-state index < -0.39 is 5.00 Å². The molecule has 0 spiro atoms. The normalized spacial score (nSPS) is 27.8. The summed E-state index contributed by atoms with van der Waals surface area (Å²) in [6.07, 6.45) is 10.7. The summed E-state index contributed by atoms with van der Waals surface area (Å²) in [6, 6.07) is 6.14. The average molecular weight is 314 g/mol. The van der Waals surface area contributed by atoms with Gasteiger partial charge in [0.25, 0.3) is 0 Å². The van der Waals surface area contributed by atoms with Crippen LogP contribution in [0.25, 0.3) is 0 Å². The molecule has 1 aliphatic carbocycles. The predicted molar refractivity (Wildman–Crippen MR) is 88.1 cm³/mol. The van der Waals surface area contributed by atoms with Crippen LogP contribution < -0.4 is 4.90 Å². The van der Waals surface area contributed by atoms with Crippen molar-refractivity contribution in [1.82, 2.24) is 4.90 Å². The summed E-state index contributed by atoms with van der Waals surface area (Å²) < 4.78 is 0. The van der Waals surface area contributed by atoms with Gasteiger partial charge in [0.05, 0.1) is 6.04 Å². The van der Waals surface area contributed by atoms with Gasteiger partial charge in [0.1, 0.15) is 5.84 Å². The Morgan fingerprint density at radius 1 is 1.45 bits per heavy atom. The van der Waals surface area contributed by atoms with E-state index in [4.69, 9.17) is 16.6 Å². The van der Waals surface area contributed by atoms with E-state index in [2.05, 4.69) is 4.90 Å². The summed E-state index contributed by atoms with van der Waals surface area (Å²) in [5.74, 6) is 0.921. The quantitative estimate of drug-likeness (QED) is 0.478. The second-order valence-corrected chi connectivity index (χ2v) is 6.44. The number of allylic oxidation sites excluding steroid dienone is 2. The highest BCUT2D eigenvalue weighted by Crippen LogP contribution is 2.49. The van der Waals surface area contributed by atoms with E-state index in [0.29, 0.717) is 0 Å². The van der Waals surface area contributed by atoms with E-state index in [1.54, 1.807) is 11.9 Å². The van der Waals surface area contributed by atoms with Gasteiger partial charge in [-0.3, -0.25) is 4.79 Å². The number of aliphatic imine (C=N–C) groups is 1. The van der Waals surface area contributed by atoms with Crippen LogP contribution >= 0.6 is 11.6 Å². The number of nitrogens with zero attached hydrogens (tertiary/aromatic N) is 3. The number of aryl methyl sites for hydroxylation is 1. The first kappa shape index (κ1) is 13.6. The van der Waals surface area contributed by atoms with Gasteiger partial charge in [-0.15, -0.1) is 0 Å². The van der Waals surface area contributed by atoms with Crippen LogP contribution in [0.1, 0.15) is 17.5 Å². The maximum absolute atomic E-state index is 10.9. The Labute approximate surface area is 134 Å². The number of fused-ring (bicyclic) bond motifs is 5. The number of benzene rings is 1. The van der Waals surface area contributed by atoms with E-state index in [-0.39, 0.29) is 6.04 Å². The van der Waals surface area contributed by atoms with Crippen molar-refractivity contribution in [3.8, 4) is 0 Å². The second-order valence-electron chi connectivity index (χ2n) is 5.86. The lowest BCUT2D eigenvalue weighted by molar-refractivity contribution is -0.107. The fraction of sp³-hybridized carbons (Fsp3) is 0.294. The zero-order valence-corrected chi connectivity index (χ0v) is 13.0. The fourth-order valence-electron chi connectivity index (χ4n) is 3.50. The zero-order valence-electron chi connectivity index (χ0n) is 12.2. The van der Waals surface area contributed by atoms with E-state index in [1.807, 2.05) is 42.6 Å². The van der Waals surface area contributed by atoms with E-state index in [0.717, 1.165) is 36.3 Å². The molecule has 2 aliphatic heterocycles. The van der Waals surface area contributed by atoms with Crippen LogP contribution in [0.3, 0.4) is 0 Å². The van der Waals surface area contributed by atoms with Gasteiger partial charge in [0, 0.05) is 18.9 Å². The van der Waals surface area contributed by atoms with Crippen molar-refractivity contribution in [3.05, 3.63) is 53.8 Å². The second kappa shape index (κ2) is 4.71. The first-order valence-electron chi connectivity index (χ1n) is 7.37. The van der Waals surface area contributed by atoms with Crippen LogP contribution in [0.5, 0.6) is 0 Å². The molecule has 2 unspecified atom stereocenters. The van der Waals surface area contributed by atoms with E-state index in [1.165, 1.54) is 5.56 Å². The largest absolute Gasteiger partial charge is 0.326 e. The molecule has 0 bridgehead atoms. The van der Waals surface area contributed by atoms with Crippen molar-refractivity contribution in [2.45, 2.75) is 23.9 Å². The number of amidine groups is 1. The smallest absolute Gasteiger partial charge is 0.213 e. The first-order chi connectivity index (χ1) is 10.6. The molecule has 2 heterocycles. The molecule has 1 amide bonds. The highest BCUT2D eigenvalue weighted by atomic mass is 35.5. The first-order valence-corrected chi connectivity index (χ1v) is 7.75. The molecule has 0 N–H and O–H groups in total. The molecule has 1 aromatic carbocycles. The number of carbonyl (C=O) groups excluding carboxylic acids is 1. The molecule has 22 heavy (non-hydrogen) atoms. The Morgan fingerprint density at radius 3 is 3.14 bits per heavy atom. The minimum absolute atomic E-state index is 0.146. The van der Waals surface area contributed by atoms with Gasteiger partial charge >= 0.3 is 0 Å². The molecule has 2 atom stereocenters. The topological polar surface area (TPSA) is 35.9 Å². The molecule has 0 radical (unpaired) electrons. The van der Waals surface area contributed by atoms with Crippen LogP contribution in [0, 0.1) is 0 Å². The third-order valence-electron chi connectivity index (χ3n) is 4.64. The van der Waals surface area contributed by atoms with Crippen LogP contribution in [0.15, 0.2) is 47.6 Å². The number of amides is 1. The predicted octanol–water partition coefficient (Wildman–Crippen LogP) is 2.78. The van der Waals surface area contributed by atoms with Crippen LogP contribution in [0.2, 0.25) is 0 Å². The van der Waals surface area contributed by atoms with Crippen molar-refractivity contribution in [2.75, 3.05) is 11.9 Å². The SMILES string of the molecule is CN(C=O)c1ccc2c(c1)CCC1N3C=CC=CC3=NC21Cl. The minimum atomic E-state index is -0.736. The maximum Gasteiger partial charge on any atom is 0.213 e. The molecule has 0 fully saturated rings. The summed E-state index contributed by atoms with van der Waals surface area (Å²) >= 11 is 6.96. The molecule has 0 saturated heterocycles. The van der Waals surface area contributed by atoms with Gasteiger partial charge in [0.2, 0.25) is 6.41 Å². The summed E-state index contributed by atoms with van der Waals surface area (Å²) in [5.41, 5.74) is 3.11. The number of carbonyl (C=O) groups is 1.